The van der Waals surface area contributed by atoms with Crippen LogP contribution < -0.4 is 11.1 Å². The smallest absolute Gasteiger partial charge is 0.251 e. The fraction of sp³-hybridized carbons (Fsp3) is 0.462. The minimum absolute atomic E-state index is 0. The fourth-order valence-corrected chi connectivity index (χ4v) is 1.82. The molecule has 0 heterocycles. The Labute approximate surface area is 108 Å². The SMILES string of the molecule is Cc1ccccc1C(=O)NCC(N)C1CC1.Cl. The zero-order valence-corrected chi connectivity index (χ0v) is 10.8. The Morgan fingerprint density at radius 3 is 2.71 bits per heavy atom. The molecular weight excluding hydrogens is 236 g/mol. The molecule has 1 aromatic rings. The monoisotopic (exact) mass is 254 g/mol. The van der Waals surface area contributed by atoms with Crippen molar-refractivity contribution in [3.8, 4) is 0 Å². The second kappa shape index (κ2) is 6.03. The maximum Gasteiger partial charge on any atom is 0.251 e. The zero-order valence-electron chi connectivity index (χ0n) is 9.98. The van der Waals surface area contributed by atoms with Crippen molar-refractivity contribution in [2.24, 2.45) is 11.7 Å². The van der Waals surface area contributed by atoms with Gasteiger partial charge in [-0.15, -0.1) is 12.4 Å². The summed E-state index contributed by atoms with van der Waals surface area (Å²) in [5.41, 5.74) is 7.67. The molecule has 3 N–H and O–H groups in total. The highest BCUT2D eigenvalue weighted by atomic mass is 35.5. The summed E-state index contributed by atoms with van der Waals surface area (Å²) in [7, 11) is 0. The Morgan fingerprint density at radius 1 is 1.47 bits per heavy atom. The largest absolute Gasteiger partial charge is 0.350 e. The van der Waals surface area contributed by atoms with Gasteiger partial charge in [0.15, 0.2) is 0 Å². The Bertz CT molecular complexity index is 391. The third-order valence-electron chi connectivity index (χ3n) is 3.12. The van der Waals surface area contributed by atoms with Gasteiger partial charge in [0.05, 0.1) is 0 Å². The van der Waals surface area contributed by atoms with E-state index in [2.05, 4.69) is 5.32 Å². The van der Waals surface area contributed by atoms with Gasteiger partial charge in [-0.25, -0.2) is 0 Å². The van der Waals surface area contributed by atoms with Crippen LogP contribution in [-0.2, 0) is 0 Å². The third kappa shape index (κ3) is 3.72. The normalized spacial score (nSPS) is 15.9. The summed E-state index contributed by atoms with van der Waals surface area (Å²) in [4.78, 5) is 11.8. The maximum atomic E-state index is 11.8. The molecule has 1 aromatic carbocycles. The molecule has 94 valence electrons. The number of halogens is 1. The number of carbonyl (C=O) groups excluding carboxylic acids is 1. The van der Waals surface area contributed by atoms with Gasteiger partial charge in [-0.2, -0.15) is 0 Å². The van der Waals surface area contributed by atoms with Gasteiger partial charge in [-0.1, -0.05) is 18.2 Å². The quantitative estimate of drug-likeness (QED) is 0.862. The lowest BCUT2D eigenvalue weighted by molar-refractivity contribution is 0.0949. The van der Waals surface area contributed by atoms with Crippen LogP contribution in [0.4, 0.5) is 0 Å². The van der Waals surface area contributed by atoms with E-state index in [1.165, 1.54) is 12.8 Å². The molecule has 0 aromatic heterocycles. The molecule has 0 spiro atoms. The van der Waals surface area contributed by atoms with Crippen molar-refractivity contribution in [1.29, 1.82) is 0 Å². The van der Waals surface area contributed by atoms with Crippen LogP contribution in [0.25, 0.3) is 0 Å². The number of nitrogens with one attached hydrogen (secondary N) is 1. The number of rotatable bonds is 4. The van der Waals surface area contributed by atoms with Gasteiger partial charge in [0, 0.05) is 18.2 Å². The van der Waals surface area contributed by atoms with Gasteiger partial charge in [0.25, 0.3) is 5.91 Å². The molecular formula is C13H19ClN2O. The van der Waals surface area contributed by atoms with E-state index >= 15 is 0 Å². The highest BCUT2D eigenvalue weighted by Crippen LogP contribution is 2.31. The van der Waals surface area contributed by atoms with Gasteiger partial charge in [0.2, 0.25) is 0 Å². The summed E-state index contributed by atoms with van der Waals surface area (Å²) < 4.78 is 0. The topological polar surface area (TPSA) is 55.1 Å². The molecule has 3 nitrogen and oxygen atoms in total. The Balaban J connectivity index is 0.00000144. The lowest BCUT2D eigenvalue weighted by Gasteiger charge is -2.12. The zero-order chi connectivity index (χ0) is 11.5. The summed E-state index contributed by atoms with van der Waals surface area (Å²) in [6.45, 7) is 2.52. The number of benzene rings is 1. The van der Waals surface area contributed by atoms with Crippen LogP contribution in [0.2, 0.25) is 0 Å². The molecule has 0 bridgehead atoms. The van der Waals surface area contributed by atoms with E-state index in [0.717, 1.165) is 11.1 Å². The molecule has 2 rings (SSSR count). The predicted octanol–water partition coefficient (Wildman–Crippen LogP) is 1.88. The molecule has 0 aliphatic heterocycles. The predicted molar refractivity (Wildman–Crippen MR) is 71.5 cm³/mol. The van der Waals surface area contributed by atoms with Crippen molar-refractivity contribution in [3.63, 3.8) is 0 Å². The van der Waals surface area contributed by atoms with E-state index in [1.807, 2.05) is 31.2 Å². The highest BCUT2D eigenvalue weighted by molar-refractivity contribution is 5.95. The van der Waals surface area contributed by atoms with Gasteiger partial charge in [0.1, 0.15) is 0 Å². The van der Waals surface area contributed by atoms with Crippen LogP contribution in [-0.4, -0.2) is 18.5 Å². The first-order chi connectivity index (χ1) is 7.68. The summed E-state index contributed by atoms with van der Waals surface area (Å²) >= 11 is 0. The van der Waals surface area contributed by atoms with Gasteiger partial charge < -0.3 is 11.1 Å². The van der Waals surface area contributed by atoms with Crippen molar-refractivity contribution in [1.82, 2.24) is 5.32 Å². The average molecular weight is 255 g/mol. The third-order valence-corrected chi connectivity index (χ3v) is 3.12. The number of amides is 1. The Kier molecular flexibility index (Phi) is 4.97. The lowest BCUT2D eigenvalue weighted by atomic mass is 10.1. The maximum absolute atomic E-state index is 11.8. The van der Waals surface area contributed by atoms with Crippen molar-refractivity contribution >= 4 is 18.3 Å². The molecule has 1 aliphatic carbocycles. The number of hydrogen-bond donors (Lipinski definition) is 2. The van der Waals surface area contributed by atoms with Crippen molar-refractivity contribution in [2.45, 2.75) is 25.8 Å². The summed E-state index contributed by atoms with van der Waals surface area (Å²) in [5.74, 6) is 0.603. The minimum Gasteiger partial charge on any atom is -0.350 e. The van der Waals surface area contributed by atoms with Crippen LogP contribution in [0.1, 0.15) is 28.8 Å². The standard InChI is InChI=1S/C13H18N2O.ClH/c1-9-4-2-3-5-11(9)13(16)15-8-12(14)10-6-7-10;/h2-5,10,12H,6-8,14H2,1H3,(H,15,16);1H. The molecule has 1 unspecified atom stereocenters. The second-order valence-electron chi connectivity index (χ2n) is 4.53. The number of carbonyl (C=O) groups is 1. The molecule has 1 amide bonds. The summed E-state index contributed by atoms with van der Waals surface area (Å²) in [6.07, 6.45) is 2.42. The van der Waals surface area contributed by atoms with Gasteiger partial charge in [-0.05, 0) is 37.3 Å². The summed E-state index contributed by atoms with van der Waals surface area (Å²) in [5, 5.41) is 2.90. The van der Waals surface area contributed by atoms with Gasteiger partial charge in [-0.3, -0.25) is 4.79 Å². The first-order valence-electron chi connectivity index (χ1n) is 5.78. The van der Waals surface area contributed by atoms with Crippen LogP contribution >= 0.6 is 12.4 Å². The lowest BCUT2D eigenvalue weighted by Crippen LogP contribution is -2.38. The molecule has 1 atom stereocenters. The molecule has 4 heteroatoms. The first kappa shape index (κ1) is 14.0. The van der Waals surface area contributed by atoms with E-state index in [9.17, 15) is 4.79 Å². The van der Waals surface area contributed by atoms with Crippen molar-refractivity contribution < 1.29 is 4.79 Å². The Morgan fingerprint density at radius 2 is 2.12 bits per heavy atom. The Hall–Kier alpha value is -1.06. The second-order valence-corrected chi connectivity index (χ2v) is 4.53. The summed E-state index contributed by atoms with van der Waals surface area (Å²) in [6, 6.07) is 7.71. The van der Waals surface area contributed by atoms with E-state index in [1.54, 1.807) is 0 Å². The van der Waals surface area contributed by atoms with Crippen LogP contribution in [0.3, 0.4) is 0 Å². The minimum atomic E-state index is -0.0193. The van der Waals surface area contributed by atoms with Crippen LogP contribution in [0.15, 0.2) is 24.3 Å². The number of hydrogen-bond acceptors (Lipinski definition) is 2. The van der Waals surface area contributed by atoms with Crippen LogP contribution in [0.5, 0.6) is 0 Å². The first-order valence-corrected chi connectivity index (χ1v) is 5.78. The molecule has 0 saturated heterocycles. The number of nitrogens with two attached hydrogens (primary N) is 1. The van der Waals surface area contributed by atoms with E-state index in [-0.39, 0.29) is 24.4 Å². The molecule has 0 radical (unpaired) electrons. The number of aryl methyl sites for hydroxylation is 1. The molecule has 1 aliphatic rings. The van der Waals surface area contributed by atoms with E-state index < -0.39 is 0 Å². The van der Waals surface area contributed by atoms with Crippen LogP contribution in [0, 0.1) is 12.8 Å². The molecule has 1 fully saturated rings. The molecule has 1 saturated carbocycles. The van der Waals surface area contributed by atoms with Crippen molar-refractivity contribution in [3.05, 3.63) is 35.4 Å². The van der Waals surface area contributed by atoms with E-state index in [0.29, 0.717) is 12.5 Å². The van der Waals surface area contributed by atoms with Crippen molar-refractivity contribution in [2.75, 3.05) is 6.54 Å². The highest BCUT2D eigenvalue weighted by Gasteiger charge is 2.28. The molecule has 17 heavy (non-hydrogen) atoms. The average Bonchev–Trinajstić information content (AvgIpc) is 3.10. The van der Waals surface area contributed by atoms with Gasteiger partial charge >= 0.3 is 0 Å². The fourth-order valence-electron chi connectivity index (χ4n) is 1.82. The van der Waals surface area contributed by atoms with E-state index in [4.69, 9.17) is 5.73 Å².